The first kappa shape index (κ1) is 29.0. The normalized spacial score (nSPS) is 11.5. The summed E-state index contributed by atoms with van der Waals surface area (Å²) in [4.78, 5) is 28.6. The molecule has 39 heavy (non-hydrogen) atoms. The van der Waals surface area contributed by atoms with Crippen molar-refractivity contribution >= 4 is 30.0 Å². The lowest BCUT2D eigenvalue weighted by atomic mass is 10.1. The summed E-state index contributed by atoms with van der Waals surface area (Å²) in [5.41, 5.74) is 2.79. The highest BCUT2D eigenvalue weighted by Gasteiger charge is 2.10. The number of nitrogens with zero attached hydrogens (tertiary/aromatic N) is 1. The molecule has 3 rings (SSSR count). The first-order valence-corrected chi connectivity index (χ1v) is 12.8. The molecule has 0 saturated heterocycles. The van der Waals surface area contributed by atoms with E-state index in [1.807, 2.05) is 43.3 Å². The summed E-state index contributed by atoms with van der Waals surface area (Å²) < 4.78 is 21.6. The number of ether oxygens (including phenoxy) is 4. The van der Waals surface area contributed by atoms with Gasteiger partial charge >= 0.3 is 5.97 Å². The minimum Gasteiger partial charge on any atom is -0.497 e. The highest BCUT2D eigenvalue weighted by Crippen LogP contribution is 2.18. The van der Waals surface area contributed by atoms with Gasteiger partial charge in [-0.25, -0.2) is 4.79 Å². The Hall–Kier alpha value is -4.59. The van der Waals surface area contributed by atoms with Crippen LogP contribution in [-0.4, -0.2) is 45.1 Å². The highest BCUT2D eigenvalue weighted by molar-refractivity contribution is 5.91. The number of hydrogen-bond acceptors (Lipinski definition) is 7. The topological polar surface area (TPSA) is 95.5 Å². The molecule has 0 fully saturated rings. The maximum atomic E-state index is 12.2. The number of aryl methyl sites for hydroxylation is 1. The number of carbonyl (C=O) groups is 2. The molecule has 0 unspecified atom stereocenters. The molecule has 0 spiro atoms. The molecule has 0 amide bonds. The van der Waals surface area contributed by atoms with Gasteiger partial charge < -0.3 is 24.3 Å². The van der Waals surface area contributed by atoms with Crippen LogP contribution < -0.4 is 14.8 Å². The fraction of sp³-hybridized carbons (Fsp3) is 0.258. The van der Waals surface area contributed by atoms with Crippen molar-refractivity contribution in [3.63, 3.8) is 0 Å². The maximum absolute atomic E-state index is 12.2. The van der Waals surface area contributed by atoms with Gasteiger partial charge in [-0.1, -0.05) is 30.3 Å². The van der Waals surface area contributed by atoms with Gasteiger partial charge in [0.05, 0.1) is 31.6 Å². The van der Waals surface area contributed by atoms with Gasteiger partial charge in [0.2, 0.25) is 0 Å². The predicted octanol–water partition coefficient (Wildman–Crippen LogP) is 5.74. The molecule has 0 heterocycles. The largest absolute Gasteiger partial charge is 0.497 e. The molecule has 8 nitrogen and oxygen atoms in total. The number of benzene rings is 3. The second-order valence-electron chi connectivity index (χ2n) is 8.33. The molecule has 0 aromatic heterocycles. The highest BCUT2D eigenvalue weighted by atomic mass is 16.5. The number of aliphatic imine (C=N–C) groups is 1. The maximum Gasteiger partial charge on any atom is 0.338 e. The molecule has 1 N–H and O–H groups in total. The van der Waals surface area contributed by atoms with Crippen LogP contribution in [0.3, 0.4) is 0 Å². The zero-order chi connectivity index (χ0) is 27.9. The van der Waals surface area contributed by atoms with Crippen LogP contribution in [0, 0.1) is 0 Å². The molecule has 3 aromatic rings. The van der Waals surface area contributed by atoms with Crippen LogP contribution in [0.2, 0.25) is 0 Å². The zero-order valence-corrected chi connectivity index (χ0v) is 22.5. The Morgan fingerprint density at radius 2 is 1.69 bits per heavy atom. The summed E-state index contributed by atoms with van der Waals surface area (Å²) in [6, 6.07) is 22.1. The van der Waals surface area contributed by atoms with E-state index in [9.17, 15) is 9.59 Å². The van der Waals surface area contributed by atoms with E-state index >= 15 is 0 Å². The first-order valence-electron chi connectivity index (χ1n) is 12.8. The van der Waals surface area contributed by atoms with E-state index in [0.717, 1.165) is 24.2 Å². The smallest absolute Gasteiger partial charge is 0.338 e. The first-order chi connectivity index (χ1) is 19.0. The molecule has 0 aliphatic carbocycles. The number of hydrogen-bond donors (Lipinski definition) is 1. The van der Waals surface area contributed by atoms with Gasteiger partial charge in [-0.3, -0.25) is 4.79 Å². The third-order valence-corrected chi connectivity index (χ3v) is 5.50. The van der Waals surface area contributed by atoms with Gasteiger partial charge in [0.15, 0.2) is 12.0 Å². The summed E-state index contributed by atoms with van der Waals surface area (Å²) in [5, 5.41) is 3.18. The Balaban J connectivity index is 1.75. The summed E-state index contributed by atoms with van der Waals surface area (Å²) >= 11 is 0. The Bertz CT molecular complexity index is 1270. The van der Waals surface area contributed by atoms with Gasteiger partial charge in [-0.15, -0.1) is 0 Å². The van der Waals surface area contributed by atoms with Gasteiger partial charge in [0.25, 0.3) is 6.02 Å². The van der Waals surface area contributed by atoms with E-state index in [2.05, 4.69) is 10.3 Å². The Morgan fingerprint density at radius 1 is 0.949 bits per heavy atom. The van der Waals surface area contributed by atoms with E-state index in [0.29, 0.717) is 36.4 Å². The lowest BCUT2D eigenvalue weighted by Crippen LogP contribution is -2.27. The van der Waals surface area contributed by atoms with Crippen LogP contribution in [0.15, 0.2) is 83.5 Å². The van der Waals surface area contributed by atoms with Crippen molar-refractivity contribution in [3.8, 4) is 11.5 Å². The third kappa shape index (κ3) is 9.66. The van der Waals surface area contributed by atoms with Crippen LogP contribution in [0.4, 0.5) is 5.69 Å². The monoisotopic (exact) mass is 530 g/mol. The number of rotatable bonds is 13. The standard InChI is InChI=1S/C31H34N2O6/c1-4-37-28-17-11-23(12-18-28)8-7-19-32-31(33-26-10-6-9-25(21-26)30(35)38-5-2)39-29(22-34)20-24-13-15-27(36-3)16-14-24/h6,9-18,20-22H,4-5,7-8,19H2,1-3H3,(H,32,33)/b29-20+. The van der Waals surface area contributed by atoms with Crippen LogP contribution in [0.25, 0.3) is 6.08 Å². The number of nitrogens with one attached hydrogen (secondary N) is 1. The summed E-state index contributed by atoms with van der Waals surface area (Å²) in [6.45, 7) is 5.15. The van der Waals surface area contributed by atoms with E-state index in [1.165, 1.54) is 5.56 Å². The molecule has 3 aromatic carbocycles. The molecule has 204 valence electrons. The average molecular weight is 531 g/mol. The predicted molar refractivity (Wildman–Crippen MR) is 152 cm³/mol. The van der Waals surface area contributed by atoms with Crippen molar-refractivity contribution in [2.24, 2.45) is 4.99 Å². The molecule has 0 aliphatic rings. The number of allylic oxidation sites excluding steroid dienone is 1. The summed E-state index contributed by atoms with van der Waals surface area (Å²) in [7, 11) is 1.59. The SMILES string of the molecule is CCOC(=O)c1cccc(/N=C(/NCCCc2ccc(OCC)cc2)O/C(C=O)=C/c2ccc(OC)cc2)c1. The molecular weight excluding hydrogens is 496 g/mol. The lowest BCUT2D eigenvalue weighted by Gasteiger charge is -2.12. The van der Waals surface area contributed by atoms with Gasteiger partial charge in [-0.2, -0.15) is 4.99 Å². The minimum absolute atomic E-state index is 0.0690. The van der Waals surface area contributed by atoms with Gasteiger partial charge in [0, 0.05) is 6.54 Å². The second kappa shape index (κ2) is 15.6. The second-order valence-corrected chi connectivity index (χ2v) is 8.33. The molecule has 8 heteroatoms. The number of carbonyl (C=O) groups excluding carboxylic acids is 2. The van der Waals surface area contributed by atoms with Crippen molar-refractivity contribution in [1.82, 2.24) is 5.32 Å². The van der Waals surface area contributed by atoms with Crippen molar-refractivity contribution in [3.05, 3.63) is 95.2 Å². The van der Waals surface area contributed by atoms with E-state index in [-0.39, 0.29) is 18.4 Å². The lowest BCUT2D eigenvalue weighted by molar-refractivity contribution is -0.106. The van der Waals surface area contributed by atoms with Crippen molar-refractivity contribution < 1.29 is 28.5 Å². The zero-order valence-electron chi connectivity index (χ0n) is 22.5. The van der Waals surface area contributed by atoms with Crippen LogP contribution in [0.5, 0.6) is 11.5 Å². The van der Waals surface area contributed by atoms with Gasteiger partial charge in [-0.05, 0) is 86.4 Å². The van der Waals surface area contributed by atoms with Gasteiger partial charge in [0.1, 0.15) is 11.5 Å². The number of amidine groups is 1. The van der Waals surface area contributed by atoms with Crippen molar-refractivity contribution in [1.29, 1.82) is 0 Å². The van der Waals surface area contributed by atoms with E-state index in [1.54, 1.807) is 56.5 Å². The van der Waals surface area contributed by atoms with E-state index in [4.69, 9.17) is 18.9 Å². The average Bonchev–Trinajstić information content (AvgIpc) is 2.96. The minimum atomic E-state index is -0.437. The number of methoxy groups -OCH3 is 1. The molecule has 0 radical (unpaired) electrons. The molecule has 0 aliphatic heterocycles. The Kier molecular flexibility index (Phi) is 11.6. The van der Waals surface area contributed by atoms with E-state index < -0.39 is 5.97 Å². The Labute approximate surface area is 229 Å². The quantitative estimate of drug-likeness (QED) is 0.0573. The molecule has 0 saturated carbocycles. The number of aldehydes is 1. The summed E-state index contributed by atoms with van der Waals surface area (Å²) in [6.07, 6.45) is 3.85. The summed E-state index contributed by atoms with van der Waals surface area (Å²) in [5.74, 6) is 1.18. The number of esters is 1. The van der Waals surface area contributed by atoms with Crippen LogP contribution in [0.1, 0.15) is 41.8 Å². The third-order valence-electron chi connectivity index (χ3n) is 5.50. The van der Waals surface area contributed by atoms with Crippen molar-refractivity contribution in [2.45, 2.75) is 26.7 Å². The van der Waals surface area contributed by atoms with Crippen molar-refractivity contribution in [2.75, 3.05) is 26.9 Å². The molecule has 0 bridgehead atoms. The fourth-order valence-electron chi connectivity index (χ4n) is 3.60. The van der Waals surface area contributed by atoms with Crippen LogP contribution in [-0.2, 0) is 20.7 Å². The Morgan fingerprint density at radius 3 is 2.36 bits per heavy atom. The molecular formula is C31H34N2O6. The van der Waals surface area contributed by atoms with Crippen LogP contribution >= 0.6 is 0 Å². The fourth-order valence-corrected chi connectivity index (χ4v) is 3.60. The molecule has 0 atom stereocenters.